The summed E-state index contributed by atoms with van der Waals surface area (Å²) in [5, 5.41) is 13.4. The van der Waals surface area contributed by atoms with Crippen molar-refractivity contribution < 1.29 is 18.5 Å². The molecule has 0 aliphatic heterocycles. The van der Waals surface area contributed by atoms with Crippen LogP contribution >= 0.6 is 0 Å². The fourth-order valence-electron chi connectivity index (χ4n) is 2.60. The van der Waals surface area contributed by atoms with Gasteiger partial charge >= 0.3 is 0 Å². The molecule has 134 valence electrons. The number of carbonyl (C=O) groups is 1. The van der Waals surface area contributed by atoms with Crippen LogP contribution < -0.4 is 5.32 Å². The van der Waals surface area contributed by atoms with Gasteiger partial charge in [0.05, 0.1) is 16.0 Å². The van der Waals surface area contributed by atoms with Gasteiger partial charge in [-0.25, -0.2) is 13.8 Å². The van der Waals surface area contributed by atoms with Crippen molar-refractivity contribution in [1.82, 2.24) is 9.55 Å². The molecule has 0 saturated heterocycles. The zero-order valence-corrected chi connectivity index (χ0v) is 13.7. The van der Waals surface area contributed by atoms with Crippen LogP contribution in [0.1, 0.15) is 23.7 Å². The van der Waals surface area contributed by atoms with Crippen LogP contribution in [0.25, 0.3) is 11.0 Å². The van der Waals surface area contributed by atoms with E-state index in [-0.39, 0.29) is 22.7 Å². The van der Waals surface area contributed by atoms with Crippen molar-refractivity contribution in [2.45, 2.75) is 19.9 Å². The van der Waals surface area contributed by atoms with Crippen LogP contribution in [0.2, 0.25) is 0 Å². The SMILES string of the molecule is CCCn1c(NC(=O)c2cccc([N+](=O)[O-])c2)nc2cc(F)c(F)cc21. The van der Waals surface area contributed by atoms with E-state index in [2.05, 4.69) is 10.3 Å². The zero-order chi connectivity index (χ0) is 18.8. The van der Waals surface area contributed by atoms with Gasteiger partial charge in [-0.15, -0.1) is 0 Å². The number of imidazole rings is 1. The minimum atomic E-state index is -1.03. The molecule has 0 fully saturated rings. The molecule has 3 rings (SSSR count). The van der Waals surface area contributed by atoms with Gasteiger partial charge in [0.1, 0.15) is 0 Å². The molecular formula is C17H14F2N4O3. The average Bonchev–Trinajstić information content (AvgIpc) is 2.92. The van der Waals surface area contributed by atoms with Gasteiger partial charge in [-0.1, -0.05) is 13.0 Å². The Hall–Kier alpha value is -3.36. The van der Waals surface area contributed by atoms with Crippen molar-refractivity contribution >= 4 is 28.6 Å². The molecule has 0 saturated carbocycles. The van der Waals surface area contributed by atoms with Crippen LogP contribution in [0, 0.1) is 21.7 Å². The van der Waals surface area contributed by atoms with Crippen molar-refractivity contribution in [3.63, 3.8) is 0 Å². The van der Waals surface area contributed by atoms with Gasteiger partial charge in [0.2, 0.25) is 5.95 Å². The molecule has 2 aromatic carbocycles. The molecule has 1 N–H and O–H groups in total. The topological polar surface area (TPSA) is 90.1 Å². The number of non-ortho nitro benzene ring substituents is 1. The summed E-state index contributed by atoms with van der Waals surface area (Å²) in [7, 11) is 0. The second kappa shape index (κ2) is 6.87. The normalized spacial score (nSPS) is 10.9. The fourth-order valence-corrected chi connectivity index (χ4v) is 2.60. The number of halogens is 2. The Morgan fingerprint density at radius 3 is 2.69 bits per heavy atom. The first-order valence-corrected chi connectivity index (χ1v) is 7.81. The van der Waals surface area contributed by atoms with E-state index in [4.69, 9.17) is 0 Å². The Labute approximate surface area is 146 Å². The number of nitrogens with zero attached hydrogens (tertiary/aromatic N) is 3. The predicted octanol–water partition coefficient (Wildman–Crippen LogP) is 3.89. The number of nitro groups is 1. The number of nitrogens with one attached hydrogen (secondary N) is 1. The minimum Gasteiger partial charge on any atom is -0.310 e. The minimum absolute atomic E-state index is 0.0756. The molecule has 0 bridgehead atoms. The van der Waals surface area contributed by atoms with Crippen molar-refractivity contribution in [3.8, 4) is 0 Å². The highest BCUT2D eigenvalue weighted by atomic mass is 19.2. The summed E-state index contributed by atoms with van der Waals surface area (Å²) in [6.07, 6.45) is 0.671. The number of rotatable bonds is 5. The number of aromatic nitrogens is 2. The standard InChI is InChI=1S/C17H14F2N4O3/c1-2-6-22-15-9-13(19)12(18)8-14(15)20-17(22)21-16(24)10-4-3-5-11(7-10)23(25)26/h3-5,7-9H,2,6H2,1H3,(H,20,21,24). The Kier molecular flexibility index (Phi) is 4.61. The number of anilines is 1. The lowest BCUT2D eigenvalue weighted by Gasteiger charge is -2.09. The van der Waals surface area contributed by atoms with Gasteiger partial charge < -0.3 is 4.57 Å². The lowest BCUT2D eigenvalue weighted by molar-refractivity contribution is -0.384. The van der Waals surface area contributed by atoms with Gasteiger partial charge in [0.15, 0.2) is 11.6 Å². The third kappa shape index (κ3) is 3.23. The van der Waals surface area contributed by atoms with Crippen molar-refractivity contribution in [2.24, 2.45) is 0 Å². The molecule has 26 heavy (non-hydrogen) atoms. The molecule has 3 aromatic rings. The summed E-state index contributed by atoms with van der Waals surface area (Å²) < 4.78 is 28.6. The highest BCUT2D eigenvalue weighted by Gasteiger charge is 2.18. The maximum atomic E-state index is 13.6. The molecule has 0 spiro atoms. The second-order valence-corrected chi connectivity index (χ2v) is 5.60. The van der Waals surface area contributed by atoms with Gasteiger partial charge in [-0.3, -0.25) is 20.2 Å². The first-order valence-electron chi connectivity index (χ1n) is 7.81. The molecule has 1 aromatic heterocycles. The summed E-state index contributed by atoms with van der Waals surface area (Å²) in [4.78, 5) is 26.8. The monoisotopic (exact) mass is 360 g/mol. The van der Waals surface area contributed by atoms with Crippen molar-refractivity contribution in [3.05, 3.63) is 63.7 Å². The molecule has 9 heteroatoms. The number of amides is 1. The van der Waals surface area contributed by atoms with Gasteiger partial charge in [-0.05, 0) is 12.5 Å². The van der Waals surface area contributed by atoms with Crippen LogP contribution in [0.3, 0.4) is 0 Å². The number of benzene rings is 2. The first kappa shape index (κ1) is 17.5. The van der Waals surface area contributed by atoms with E-state index < -0.39 is 22.5 Å². The molecule has 0 aliphatic rings. The van der Waals surface area contributed by atoms with E-state index in [0.717, 1.165) is 18.2 Å². The van der Waals surface area contributed by atoms with Crippen molar-refractivity contribution in [2.75, 3.05) is 5.32 Å². The Morgan fingerprint density at radius 2 is 2.00 bits per heavy atom. The van der Waals surface area contributed by atoms with Crippen molar-refractivity contribution in [1.29, 1.82) is 0 Å². The molecule has 0 atom stereocenters. The van der Waals surface area contributed by atoms with E-state index in [1.807, 2.05) is 6.92 Å². The number of fused-ring (bicyclic) bond motifs is 1. The third-order valence-electron chi connectivity index (χ3n) is 3.78. The highest BCUT2D eigenvalue weighted by molar-refractivity contribution is 6.04. The third-order valence-corrected chi connectivity index (χ3v) is 3.78. The molecule has 0 unspecified atom stereocenters. The van der Waals surface area contributed by atoms with Gasteiger partial charge in [0.25, 0.3) is 11.6 Å². The Morgan fingerprint density at radius 1 is 1.27 bits per heavy atom. The lowest BCUT2D eigenvalue weighted by Crippen LogP contribution is -2.16. The first-order chi connectivity index (χ1) is 12.4. The number of nitro benzene ring substituents is 1. The molecule has 0 aliphatic carbocycles. The van der Waals surface area contributed by atoms with Crippen LogP contribution in [0.5, 0.6) is 0 Å². The molecule has 7 nitrogen and oxygen atoms in total. The number of aryl methyl sites for hydroxylation is 1. The van der Waals surface area contributed by atoms with Crippen LogP contribution in [-0.4, -0.2) is 20.4 Å². The molecule has 0 radical (unpaired) electrons. The second-order valence-electron chi connectivity index (χ2n) is 5.60. The Bertz CT molecular complexity index is 1020. The molecule has 1 amide bonds. The summed E-state index contributed by atoms with van der Waals surface area (Å²) in [6.45, 7) is 2.31. The number of hydrogen-bond acceptors (Lipinski definition) is 4. The fraction of sp³-hybridized carbons (Fsp3) is 0.176. The van der Waals surface area contributed by atoms with E-state index in [1.54, 1.807) is 4.57 Å². The average molecular weight is 360 g/mol. The molecule has 1 heterocycles. The maximum Gasteiger partial charge on any atom is 0.270 e. The van der Waals surface area contributed by atoms with E-state index in [1.165, 1.54) is 18.2 Å². The smallest absolute Gasteiger partial charge is 0.270 e. The number of carbonyl (C=O) groups excluding carboxylic acids is 1. The van der Waals surface area contributed by atoms with E-state index >= 15 is 0 Å². The van der Waals surface area contributed by atoms with Gasteiger partial charge in [-0.2, -0.15) is 0 Å². The van der Waals surface area contributed by atoms with Crippen LogP contribution in [0.4, 0.5) is 20.4 Å². The Balaban J connectivity index is 1.99. The predicted molar refractivity (Wildman–Crippen MR) is 91.0 cm³/mol. The zero-order valence-electron chi connectivity index (χ0n) is 13.7. The van der Waals surface area contributed by atoms with E-state index in [0.29, 0.717) is 18.5 Å². The highest BCUT2D eigenvalue weighted by Crippen LogP contribution is 2.24. The number of hydrogen-bond donors (Lipinski definition) is 1. The van der Waals surface area contributed by atoms with Crippen LogP contribution in [0.15, 0.2) is 36.4 Å². The summed E-state index contributed by atoms with van der Waals surface area (Å²) in [6, 6.07) is 7.22. The summed E-state index contributed by atoms with van der Waals surface area (Å²) in [5.41, 5.74) is 0.405. The molecular weight excluding hydrogens is 346 g/mol. The quantitative estimate of drug-likeness (QED) is 0.552. The summed E-state index contributed by atoms with van der Waals surface area (Å²) in [5.74, 6) is -2.54. The maximum absolute atomic E-state index is 13.6. The lowest BCUT2D eigenvalue weighted by atomic mass is 10.2. The van der Waals surface area contributed by atoms with Gasteiger partial charge in [0, 0.05) is 36.4 Å². The van der Waals surface area contributed by atoms with E-state index in [9.17, 15) is 23.7 Å². The van der Waals surface area contributed by atoms with Crippen LogP contribution in [-0.2, 0) is 6.54 Å². The largest absolute Gasteiger partial charge is 0.310 e. The summed E-state index contributed by atoms with van der Waals surface area (Å²) >= 11 is 0.